The molecule has 0 radical (unpaired) electrons. The summed E-state index contributed by atoms with van der Waals surface area (Å²) in [6, 6.07) is 78.4. The number of benzene rings is 10. The first-order chi connectivity index (χ1) is 32.8. The van der Waals surface area contributed by atoms with E-state index in [9.17, 15) is 0 Å². The number of pyridine rings is 1. The molecule has 0 saturated carbocycles. The van der Waals surface area contributed by atoms with Crippen molar-refractivity contribution in [1.29, 1.82) is 0 Å². The predicted molar refractivity (Wildman–Crippen MR) is 278 cm³/mol. The molecule has 0 spiro atoms. The Balaban J connectivity index is 0.00000480. The summed E-state index contributed by atoms with van der Waals surface area (Å²) in [6.07, 6.45) is 0. The van der Waals surface area contributed by atoms with E-state index in [1.54, 1.807) is 0 Å². The average molecular weight is 1060 g/mol. The number of hydrogen-bond acceptors (Lipinski definition) is 4. The van der Waals surface area contributed by atoms with Crippen molar-refractivity contribution in [2.45, 2.75) is 26.2 Å². The molecule has 5 nitrogen and oxygen atoms in total. The Labute approximate surface area is 409 Å². The fourth-order valence-electron chi connectivity index (χ4n) is 10.1. The van der Waals surface area contributed by atoms with Crippen LogP contribution in [0.1, 0.15) is 26.3 Å². The molecule has 10 aromatic carbocycles. The quantitative estimate of drug-likeness (QED) is 0.123. The molecule has 0 atom stereocenters. The number of fused-ring (bicyclic) bond motifs is 11. The number of nitrogens with zero attached hydrogens (tertiary/aromatic N) is 4. The predicted octanol–water partition coefficient (Wildman–Crippen LogP) is 16.6. The molecule has 68 heavy (non-hydrogen) atoms. The summed E-state index contributed by atoms with van der Waals surface area (Å²) in [6.45, 7) is 8.93. The normalized spacial score (nSPS) is 12.7. The number of hydrogen-bond donors (Lipinski definition) is 0. The summed E-state index contributed by atoms with van der Waals surface area (Å²) >= 11 is 0. The van der Waals surface area contributed by atoms with Crippen LogP contribution in [0.25, 0.3) is 82.0 Å². The molecule has 0 N–H and O–H groups in total. The van der Waals surface area contributed by atoms with Gasteiger partial charge in [-0.25, -0.2) is 4.98 Å². The smallest absolute Gasteiger partial charge is 0.144 e. The van der Waals surface area contributed by atoms with Crippen molar-refractivity contribution in [2.24, 2.45) is 0 Å². The summed E-state index contributed by atoms with van der Waals surface area (Å²) in [5.41, 5.74) is 10.4. The molecule has 2 aromatic heterocycles. The number of ether oxygens (including phenoxy) is 1. The number of para-hydroxylation sites is 3. The fraction of sp³-hybridized carbons (Fsp3) is 0.0645. The second-order valence-electron chi connectivity index (χ2n) is 18.5. The zero-order valence-electron chi connectivity index (χ0n) is 37.6. The molecule has 12 aromatic rings. The second kappa shape index (κ2) is 16.3. The number of aromatic nitrogens is 2. The van der Waals surface area contributed by atoms with Crippen LogP contribution in [0.15, 0.2) is 200 Å². The molecule has 3 heterocycles. The van der Waals surface area contributed by atoms with Crippen molar-refractivity contribution < 1.29 is 25.8 Å². The largest absolute Gasteiger partial charge is 0.509 e. The van der Waals surface area contributed by atoms with Gasteiger partial charge >= 0.3 is 0 Å². The van der Waals surface area contributed by atoms with E-state index in [2.05, 4.69) is 242 Å². The van der Waals surface area contributed by atoms with E-state index >= 15 is 0 Å². The van der Waals surface area contributed by atoms with Crippen molar-refractivity contribution in [3.8, 4) is 28.4 Å². The van der Waals surface area contributed by atoms with Gasteiger partial charge in [-0.3, -0.25) is 0 Å². The maximum absolute atomic E-state index is 6.95. The number of rotatable bonds is 6. The van der Waals surface area contributed by atoms with Crippen LogP contribution >= 0.6 is 0 Å². The van der Waals surface area contributed by atoms with Crippen LogP contribution < -0.4 is 14.5 Å². The Morgan fingerprint density at radius 2 is 1.16 bits per heavy atom. The molecule has 330 valence electrons. The summed E-state index contributed by atoms with van der Waals surface area (Å²) in [5, 5.41) is 10.4. The van der Waals surface area contributed by atoms with Crippen LogP contribution in [0, 0.1) is 18.8 Å². The standard InChI is InChI=1S/C62H43N4O.Pt/c1-62(2,3)44-20-15-21-45(36-44)64-39-65(57-27-14-13-26-56(57)64)46-34-43(40-16-5-4-6-17-40)35-48(37-46)67-47-30-32-52-51-24-11-12-25-55(51)66(58(52)38-47)61-53-31-28-41-18-7-9-22-49(41)59(53)60-50-23-10-8-19-42(50)29-33-54(60)63-61;/h4-36,39H,1-3H3;/q-3;. The fourth-order valence-corrected chi connectivity index (χ4v) is 10.1. The molecule has 0 amide bonds. The molecule has 1 aliphatic heterocycles. The summed E-state index contributed by atoms with van der Waals surface area (Å²) in [5.74, 6) is 2.02. The Morgan fingerprint density at radius 1 is 0.500 bits per heavy atom. The molecule has 0 bridgehead atoms. The van der Waals surface area contributed by atoms with Gasteiger partial charge in [-0.05, 0) is 85.9 Å². The van der Waals surface area contributed by atoms with Gasteiger partial charge in [-0.1, -0.05) is 160 Å². The first-order valence-electron chi connectivity index (χ1n) is 22.9. The van der Waals surface area contributed by atoms with Gasteiger partial charge in [-0.15, -0.1) is 53.6 Å². The van der Waals surface area contributed by atoms with Crippen molar-refractivity contribution in [3.05, 3.63) is 225 Å². The third-order valence-electron chi connectivity index (χ3n) is 13.4. The van der Waals surface area contributed by atoms with Crippen LogP contribution in [-0.4, -0.2) is 9.55 Å². The third kappa shape index (κ3) is 6.83. The summed E-state index contributed by atoms with van der Waals surface area (Å²) in [7, 11) is 0. The van der Waals surface area contributed by atoms with Gasteiger partial charge < -0.3 is 19.1 Å². The van der Waals surface area contributed by atoms with Crippen LogP contribution in [-0.2, 0) is 26.5 Å². The van der Waals surface area contributed by atoms with Gasteiger partial charge in [0.2, 0.25) is 0 Å². The van der Waals surface area contributed by atoms with E-state index in [4.69, 9.17) is 9.72 Å². The van der Waals surface area contributed by atoms with Crippen LogP contribution in [0.5, 0.6) is 11.5 Å². The monoisotopic (exact) mass is 1050 g/mol. The maximum atomic E-state index is 6.95. The van der Waals surface area contributed by atoms with Crippen LogP contribution in [0.2, 0.25) is 0 Å². The first kappa shape index (κ1) is 41.7. The van der Waals surface area contributed by atoms with Gasteiger partial charge in [0.25, 0.3) is 0 Å². The molecular weight excluding hydrogens is 1010 g/mol. The van der Waals surface area contributed by atoms with Gasteiger partial charge in [0.1, 0.15) is 5.82 Å². The van der Waals surface area contributed by atoms with Gasteiger partial charge in [0.05, 0.1) is 5.52 Å². The minimum atomic E-state index is 0. The Hall–Kier alpha value is -7.72. The van der Waals surface area contributed by atoms with Gasteiger partial charge in [0, 0.05) is 71.3 Å². The van der Waals surface area contributed by atoms with Gasteiger partial charge in [0.15, 0.2) is 0 Å². The first-order valence-corrected chi connectivity index (χ1v) is 22.9. The Morgan fingerprint density at radius 3 is 1.94 bits per heavy atom. The molecule has 13 rings (SSSR count). The molecule has 0 saturated heterocycles. The molecule has 1 aliphatic rings. The van der Waals surface area contributed by atoms with E-state index < -0.39 is 0 Å². The summed E-state index contributed by atoms with van der Waals surface area (Å²) in [4.78, 5) is 10.0. The van der Waals surface area contributed by atoms with E-state index in [-0.39, 0.29) is 26.5 Å². The minimum Gasteiger partial charge on any atom is -0.509 e. The van der Waals surface area contributed by atoms with E-state index in [1.165, 1.54) is 32.5 Å². The zero-order chi connectivity index (χ0) is 44.8. The maximum Gasteiger partial charge on any atom is 0.144 e. The van der Waals surface area contributed by atoms with E-state index in [0.29, 0.717) is 11.5 Å². The van der Waals surface area contributed by atoms with Crippen molar-refractivity contribution in [2.75, 3.05) is 9.80 Å². The van der Waals surface area contributed by atoms with Crippen molar-refractivity contribution >= 4 is 87.8 Å². The molecule has 6 heteroatoms. The Bertz CT molecular complexity index is 3950. The van der Waals surface area contributed by atoms with Crippen LogP contribution in [0.4, 0.5) is 22.7 Å². The van der Waals surface area contributed by atoms with Crippen molar-refractivity contribution in [1.82, 2.24) is 9.55 Å². The van der Waals surface area contributed by atoms with E-state index in [0.717, 1.165) is 77.8 Å². The molecule has 0 fully saturated rings. The van der Waals surface area contributed by atoms with E-state index in [1.807, 2.05) is 12.1 Å². The number of anilines is 4. The van der Waals surface area contributed by atoms with Crippen molar-refractivity contribution in [3.63, 3.8) is 0 Å². The zero-order valence-corrected chi connectivity index (χ0v) is 39.9. The average Bonchev–Trinajstić information content (AvgIpc) is 3.92. The third-order valence-corrected chi connectivity index (χ3v) is 13.4. The minimum absolute atomic E-state index is 0. The Kier molecular flexibility index (Phi) is 9.97. The summed E-state index contributed by atoms with van der Waals surface area (Å²) < 4.78 is 9.23. The van der Waals surface area contributed by atoms with Crippen LogP contribution in [0.3, 0.4) is 0 Å². The molecule has 0 unspecified atom stereocenters. The SMILES string of the molecule is CC(C)(C)c1cccc(N2[CH-]N(c3[c-]c(Oc4[c-]c5c(cc4)c4ccccc4n5-c4nc5ccc6ccccc6c5c5c4ccc4ccccc45)cc(-c4ccccc4)c3)c3ccccc32)c1.[Pt]. The topological polar surface area (TPSA) is 33.5 Å². The second-order valence-corrected chi connectivity index (χ2v) is 18.5. The molecular formula is C62H43N4OPt-3. The molecule has 0 aliphatic carbocycles. The van der Waals surface area contributed by atoms with Gasteiger partial charge in [-0.2, -0.15) is 6.07 Å².